The lowest BCUT2D eigenvalue weighted by Gasteiger charge is -2.36. The van der Waals surface area contributed by atoms with Crippen molar-refractivity contribution in [2.45, 2.75) is 45.8 Å². The van der Waals surface area contributed by atoms with Crippen LogP contribution in [0.1, 0.15) is 33.3 Å². The number of carbonyl (C=O) groups excluding carboxylic acids is 1. The molecule has 0 saturated heterocycles. The number of hydrogen-bond donors (Lipinski definition) is 1. The van der Waals surface area contributed by atoms with Crippen LogP contribution in [0.2, 0.25) is 0 Å². The van der Waals surface area contributed by atoms with Gasteiger partial charge in [-0.2, -0.15) is 0 Å². The van der Waals surface area contributed by atoms with Crippen LogP contribution in [0.3, 0.4) is 0 Å². The molecule has 0 aliphatic carbocycles. The van der Waals surface area contributed by atoms with E-state index in [-0.39, 0.29) is 17.9 Å². The molecule has 0 radical (unpaired) electrons. The van der Waals surface area contributed by atoms with Gasteiger partial charge >= 0.3 is 0 Å². The third kappa shape index (κ3) is 3.52. The van der Waals surface area contributed by atoms with Crippen LogP contribution >= 0.6 is 0 Å². The topological polar surface area (TPSA) is 52.7 Å². The van der Waals surface area contributed by atoms with Crippen LogP contribution in [0.5, 0.6) is 0 Å². The highest BCUT2D eigenvalue weighted by Gasteiger charge is 2.50. The molecule has 1 N–H and O–H groups in total. The Kier molecular flexibility index (Phi) is 5.16. The largest absolute Gasteiger partial charge is 0.385 e. The molecule has 2 heterocycles. The Morgan fingerprint density at radius 2 is 1.93 bits per heavy atom. The van der Waals surface area contributed by atoms with E-state index in [9.17, 15) is 9.00 Å². The first kappa shape index (κ1) is 20.0. The van der Waals surface area contributed by atoms with Gasteiger partial charge in [0.05, 0.1) is 17.2 Å². The van der Waals surface area contributed by atoms with Gasteiger partial charge in [0.25, 0.3) is 5.91 Å². The maximum absolute atomic E-state index is 13.6. The first-order chi connectivity index (χ1) is 12.5. The first-order valence-electron chi connectivity index (χ1n) is 9.48. The van der Waals surface area contributed by atoms with E-state index >= 15 is 0 Å². The lowest BCUT2D eigenvalue weighted by Crippen LogP contribution is -2.49. The van der Waals surface area contributed by atoms with E-state index in [1.54, 1.807) is 6.26 Å². The molecule has 0 spiro atoms. The Morgan fingerprint density at radius 1 is 1.30 bits per heavy atom. The van der Waals surface area contributed by atoms with Crippen molar-refractivity contribution in [3.63, 3.8) is 0 Å². The first-order valence-corrected chi connectivity index (χ1v) is 11.6. The van der Waals surface area contributed by atoms with E-state index in [4.69, 9.17) is 0 Å². The van der Waals surface area contributed by atoms with Crippen LogP contribution < -0.4 is 5.32 Å². The van der Waals surface area contributed by atoms with Crippen LogP contribution in [-0.2, 0) is 21.0 Å². The van der Waals surface area contributed by atoms with Gasteiger partial charge in [-0.3, -0.25) is 9.00 Å². The van der Waals surface area contributed by atoms with Crippen LogP contribution in [0.25, 0.3) is 0 Å². The van der Waals surface area contributed by atoms with Crippen LogP contribution in [0.4, 0.5) is 0 Å². The summed E-state index contributed by atoms with van der Waals surface area (Å²) in [5.41, 5.74) is 2.38. The van der Waals surface area contributed by atoms with Crippen LogP contribution in [-0.4, -0.2) is 56.1 Å². The summed E-state index contributed by atoms with van der Waals surface area (Å²) in [6.45, 7) is 10.2. The maximum atomic E-state index is 13.6. The van der Waals surface area contributed by atoms with Gasteiger partial charge in [0.2, 0.25) is 0 Å². The number of carbonyl (C=O) groups is 1. The number of amides is 1. The Morgan fingerprint density at radius 3 is 2.48 bits per heavy atom. The molecule has 2 aliphatic rings. The summed E-state index contributed by atoms with van der Waals surface area (Å²) in [5.74, 6) is 4.08. The minimum atomic E-state index is -2.43. The number of hydrogen-bond acceptors (Lipinski definition) is 3. The fraction of sp³-hybridized carbons (Fsp3) is 0.524. The molecular weight excluding hydrogens is 358 g/mol. The standard InChI is InChI=1S/C21H31N3O2S/c1-15(2)18-17-19(22-12-13-24(18)27(5,6)26)21(3,4)23(20(17)25)14-16-10-8-7-9-11-16/h7-11,15,18,22H,5,12-14H2,1-4,6H3. The monoisotopic (exact) mass is 389 g/mol. The average molecular weight is 390 g/mol. The van der Waals surface area contributed by atoms with Gasteiger partial charge in [0.15, 0.2) is 0 Å². The third-order valence-electron chi connectivity index (χ3n) is 5.58. The summed E-state index contributed by atoms with van der Waals surface area (Å²) in [6.07, 6.45) is 1.67. The minimum Gasteiger partial charge on any atom is -0.385 e. The molecule has 148 valence electrons. The molecule has 1 amide bonds. The highest BCUT2D eigenvalue weighted by Crippen LogP contribution is 2.40. The molecule has 0 saturated carbocycles. The molecular formula is C21H31N3O2S. The quantitative estimate of drug-likeness (QED) is 0.804. The molecule has 6 heteroatoms. The molecule has 2 aliphatic heterocycles. The lowest BCUT2D eigenvalue weighted by atomic mass is 9.92. The average Bonchev–Trinajstić information content (AvgIpc) is 2.74. The van der Waals surface area contributed by atoms with Crippen molar-refractivity contribution in [1.29, 1.82) is 0 Å². The number of nitrogens with zero attached hydrogens (tertiary/aromatic N) is 2. The fourth-order valence-electron chi connectivity index (χ4n) is 4.27. The second-order valence-corrected chi connectivity index (χ2v) is 10.8. The van der Waals surface area contributed by atoms with E-state index in [1.165, 1.54) is 0 Å². The summed E-state index contributed by atoms with van der Waals surface area (Å²) in [6, 6.07) is 9.84. The van der Waals surface area contributed by atoms with Crippen molar-refractivity contribution < 1.29 is 9.00 Å². The smallest absolute Gasteiger partial charge is 0.254 e. The highest BCUT2D eigenvalue weighted by molar-refractivity contribution is 7.97. The van der Waals surface area contributed by atoms with Crippen molar-refractivity contribution in [2.75, 3.05) is 19.3 Å². The molecule has 1 aromatic rings. The fourth-order valence-corrected chi connectivity index (χ4v) is 5.57. The highest BCUT2D eigenvalue weighted by atomic mass is 32.2. The Labute approximate surface area is 163 Å². The van der Waals surface area contributed by atoms with Gasteiger partial charge < -0.3 is 10.2 Å². The Hall–Kier alpha value is -1.79. The summed E-state index contributed by atoms with van der Waals surface area (Å²) < 4.78 is 14.8. The summed E-state index contributed by atoms with van der Waals surface area (Å²) in [4.78, 5) is 15.5. The number of rotatable bonds is 4. The van der Waals surface area contributed by atoms with Crippen molar-refractivity contribution >= 4 is 21.5 Å². The lowest BCUT2D eigenvalue weighted by molar-refractivity contribution is -0.130. The SMILES string of the molecule is C=S(C)(=O)N1CCNC2=C(C(=O)N(Cc3ccccc3)C2(C)C)C1C(C)C. The van der Waals surface area contributed by atoms with E-state index < -0.39 is 15.2 Å². The third-order valence-corrected chi connectivity index (χ3v) is 6.98. The minimum absolute atomic E-state index is 0.0283. The second kappa shape index (κ2) is 6.99. The van der Waals surface area contributed by atoms with Gasteiger partial charge in [-0.15, -0.1) is 0 Å². The predicted molar refractivity (Wildman–Crippen MR) is 113 cm³/mol. The number of benzene rings is 1. The van der Waals surface area contributed by atoms with E-state index in [0.29, 0.717) is 19.6 Å². The Bertz CT molecular complexity index is 857. The molecule has 0 bridgehead atoms. The van der Waals surface area contributed by atoms with Gasteiger partial charge in [-0.05, 0) is 31.2 Å². The second-order valence-electron chi connectivity index (χ2n) is 8.44. The summed E-state index contributed by atoms with van der Waals surface area (Å²) in [7, 11) is -2.43. The van der Waals surface area contributed by atoms with Crippen LogP contribution in [0, 0.1) is 5.92 Å². The van der Waals surface area contributed by atoms with Gasteiger partial charge in [0, 0.05) is 41.3 Å². The molecule has 5 nitrogen and oxygen atoms in total. The van der Waals surface area contributed by atoms with Gasteiger partial charge in [-0.1, -0.05) is 44.2 Å². The maximum Gasteiger partial charge on any atom is 0.254 e. The van der Waals surface area contributed by atoms with Crippen molar-refractivity contribution in [2.24, 2.45) is 5.92 Å². The molecule has 2 unspecified atom stereocenters. The zero-order chi connectivity index (χ0) is 20.0. The van der Waals surface area contributed by atoms with Crippen molar-refractivity contribution in [1.82, 2.24) is 14.5 Å². The van der Waals surface area contributed by atoms with E-state index in [2.05, 4.69) is 38.9 Å². The summed E-state index contributed by atoms with van der Waals surface area (Å²) in [5, 5.41) is 3.49. The van der Waals surface area contributed by atoms with Gasteiger partial charge in [-0.25, -0.2) is 4.31 Å². The van der Waals surface area contributed by atoms with Crippen LogP contribution in [0.15, 0.2) is 41.6 Å². The number of nitrogens with one attached hydrogen (secondary N) is 1. The predicted octanol–water partition coefficient (Wildman–Crippen LogP) is 2.25. The van der Waals surface area contributed by atoms with Gasteiger partial charge in [0.1, 0.15) is 0 Å². The molecule has 1 aromatic carbocycles. The molecule has 0 aromatic heterocycles. The van der Waals surface area contributed by atoms with Crippen molar-refractivity contribution in [3.8, 4) is 0 Å². The summed E-state index contributed by atoms with van der Waals surface area (Å²) >= 11 is 0. The zero-order valence-electron chi connectivity index (χ0n) is 17.0. The van der Waals surface area contributed by atoms with E-state index in [1.807, 2.05) is 39.5 Å². The molecule has 2 atom stereocenters. The molecule has 0 fully saturated rings. The van der Waals surface area contributed by atoms with Crippen molar-refractivity contribution in [3.05, 3.63) is 47.2 Å². The zero-order valence-corrected chi connectivity index (χ0v) is 17.8. The molecule has 27 heavy (non-hydrogen) atoms. The van der Waals surface area contributed by atoms with E-state index in [0.717, 1.165) is 16.8 Å². The normalized spacial score (nSPS) is 25.2. The Balaban J connectivity index is 2.06. The molecule has 3 rings (SSSR count).